The van der Waals surface area contributed by atoms with Gasteiger partial charge in [-0.15, -0.1) is 0 Å². The number of carbonyl (C=O) groups is 2. The minimum absolute atomic E-state index is 0.00440. The van der Waals surface area contributed by atoms with Crippen molar-refractivity contribution in [1.29, 1.82) is 0 Å². The summed E-state index contributed by atoms with van der Waals surface area (Å²) in [6.07, 6.45) is 5.02. The second-order valence-corrected chi connectivity index (χ2v) is 12.5. The van der Waals surface area contributed by atoms with Crippen LogP contribution in [0.2, 0.25) is 0 Å². The zero-order valence-corrected chi connectivity index (χ0v) is 23.6. The average Bonchev–Trinajstić information content (AvgIpc) is 3.53. The number of hydrogen-bond donors (Lipinski definition) is 0. The number of rotatable bonds is 8. The lowest BCUT2D eigenvalue weighted by atomic mass is 9.96. The topological polar surface area (TPSA) is 117 Å². The first kappa shape index (κ1) is 27.4. The molecule has 5 rings (SSSR count). The number of fused-ring (bicyclic) bond motifs is 2. The van der Waals surface area contributed by atoms with Gasteiger partial charge in [-0.1, -0.05) is 30.6 Å². The Bertz CT molecular complexity index is 1550. The third-order valence-electron chi connectivity index (χ3n) is 7.09. The van der Waals surface area contributed by atoms with E-state index in [1.807, 2.05) is 12.1 Å². The van der Waals surface area contributed by atoms with E-state index in [1.165, 1.54) is 39.9 Å². The van der Waals surface area contributed by atoms with Crippen molar-refractivity contribution in [3.8, 4) is 11.5 Å². The zero-order valence-electron chi connectivity index (χ0n) is 21.9. The van der Waals surface area contributed by atoms with Crippen molar-refractivity contribution >= 4 is 43.5 Å². The Morgan fingerprint density at radius 2 is 1.79 bits per heavy atom. The summed E-state index contributed by atoms with van der Waals surface area (Å²) in [4.78, 5) is 30.1. The van der Waals surface area contributed by atoms with Crippen LogP contribution in [-0.4, -0.2) is 55.7 Å². The molecule has 0 radical (unpaired) electrons. The van der Waals surface area contributed by atoms with Crippen molar-refractivity contribution in [2.45, 2.75) is 62.9 Å². The second-order valence-electron chi connectivity index (χ2n) is 9.52. The van der Waals surface area contributed by atoms with Gasteiger partial charge in [0.25, 0.3) is 5.91 Å². The van der Waals surface area contributed by atoms with E-state index in [0.717, 1.165) is 42.3 Å². The van der Waals surface area contributed by atoms with Crippen LogP contribution in [0.3, 0.4) is 0 Å². The molecular formula is C27H31N3O7S2. The standard InChI is InChI=1S/C27H31N3O7S2/c1-3-35-25(31)13-14-30-21-15-22-23(37-17-36-22)16-24(21)38-27(30)28-26(32)18-9-11-20(12-10-18)39(33,34)29(2)19-7-5-4-6-8-19/h9-12,15-16,19H,3-8,13-14,17H2,1-2H3. The predicted molar refractivity (Wildman–Crippen MR) is 145 cm³/mol. The van der Waals surface area contributed by atoms with E-state index in [9.17, 15) is 18.0 Å². The fourth-order valence-corrected chi connectivity index (χ4v) is 7.41. The maximum atomic E-state index is 13.2. The SMILES string of the molecule is CCOC(=O)CCn1c(=NC(=O)c2ccc(S(=O)(=O)N(C)C3CCCCC3)cc2)sc2cc3c(cc21)OCO3. The van der Waals surface area contributed by atoms with Crippen LogP contribution in [-0.2, 0) is 26.1 Å². The van der Waals surface area contributed by atoms with Gasteiger partial charge in [-0.05, 0) is 44.0 Å². The molecule has 39 heavy (non-hydrogen) atoms. The molecule has 1 saturated carbocycles. The van der Waals surface area contributed by atoms with Gasteiger partial charge >= 0.3 is 5.97 Å². The molecule has 2 aromatic carbocycles. The number of ether oxygens (including phenoxy) is 3. The Labute approximate surface area is 230 Å². The Morgan fingerprint density at radius 3 is 2.49 bits per heavy atom. The lowest BCUT2D eigenvalue weighted by molar-refractivity contribution is -0.143. The lowest BCUT2D eigenvalue weighted by Gasteiger charge is -2.30. The summed E-state index contributed by atoms with van der Waals surface area (Å²) in [5.74, 6) is 0.320. The fraction of sp³-hybridized carbons (Fsp3) is 0.444. The number of hydrogen-bond acceptors (Lipinski definition) is 8. The Balaban J connectivity index is 1.43. The van der Waals surface area contributed by atoms with Crippen LogP contribution < -0.4 is 14.3 Å². The lowest BCUT2D eigenvalue weighted by Crippen LogP contribution is -2.38. The maximum absolute atomic E-state index is 13.2. The molecule has 1 fully saturated rings. The molecule has 0 atom stereocenters. The molecule has 1 aliphatic carbocycles. The summed E-state index contributed by atoms with van der Waals surface area (Å²) in [5.41, 5.74) is 1.02. The highest BCUT2D eigenvalue weighted by atomic mass is 32.2. The maximum Gasteiger partial charge on any atom is 0.307 e. The summed E-state index contributed by atoms with van der Waals surface area (Å²) in [7, 11) is -2.04. The van der Waals surface area contributed by atoms with Crippen LogP contribution in [0.15, 0.2) is 46.3 Å². The minimum atomic E-state index is -3.67. The molecule has 0 N–H and O–H groups in total. The first-order valence-corrected chi connectivity index (χ1v) is 15.3. The highest BCUT2D eigenvalue weighted by Gasteiger charge is 2.29. The molecule has 2 heterocycles. The van der Waals surface area contributed by atoms with Gasteiger partial charge in [0.1, 0.15) is 0 Å². The number of thiazole rings is 1. The molecule has 1 aliphatic heterocycles. The van der Waals surface area contributed by atoms with E-state index in [2.05, 4.69) is 4.99 Å². The smallest absolute Gasteiger partial charge is 0.307 e. The highest BCUT2D eigenvalue weighted by molar-refractivity contribution is 7.89. The van der Waals surface area contributed by atoms with E-state index in [4.69, 9.17) is 14.2 Å². The molecular weight excluding hydrogens is 542 g/mol. The van der Waals surface area contributed by atoms with Gasteiger partial charge in [0.05, 0.1) is 28.1 Å². The molecule has 0 saturated heterocycles. The molecule has 2 aliphatic rings. The third-order valence-corrected chi connectivity index (χ3v) is 10.1. The normalized spacial score (nSPS) is 16.2. The number of amides is 1. The van der Waals surface area contributed by atoms with E-state index in [0.29, 0.717) is 16.3 Å². The van der Waals surface area contributed by atoms with Crippen LogP contribution in [0.1, 0.15) is 55.8 Å². The van der Waals surface area contributed by atoms with Crippen molar-refractivity contribution in [1.82, 2.24) is 8.87 Å². The fourth-order valence-electron chi connectivity index (χ4n) is 4.93. The first-order chi connectivity index (χ1) is 18.8. The Morgan fingerprint density at radius 1 is 1.10 bits per heavy atom. The molecule has 208 valence electrons. The van der Waals surface area contributed by atoms with Gasteiger partial charge < -0.3 is 18.8 Å². The molecule has 3 aromatic rings. The minimum Gasteiger partial charge on any atom is -0.466 e. The summed E-state index contributed by atoms with van der Waals surface area (Å²) >= 11 is 1.29. The Kier molecular flexibility index (Phi) is 8.06. The summed E-state index contributed by atoms with van der Waals surface area (Å²) in [6, 6.07) is 9.52. The molecule has 10 nitrogen and oxygen atoms in total. The van der Waals surface area contributed by atoms with Crippen molar-refractivity contribution in [2.24, 2.45) is 4.99 Å². The van der Waals surface area contributed by atoms with Gasteiger partial charge in [0, 0.05) is 37.3 Å². The van der Waals surface area contributed by atoms with Crippen LogP contribution >= 0.6 is 11.3 Å². The number of esters is 1. The third kappa shape index (κ3) is 5.73. The Hall–Kier alpha value is -3.22. The summed E-state index contributed by atoms with van der Waals surface area (Å²) in [5, 5.41) is 0. The largest absolute Gasteiger partial charge is 0.466 e. The van der Waals surface area contributed by atoms with Crippen LogP contribution in [0.25, 0.3) is 10.2 Å². The van der Waals surface area contributed by atoms with Gasteiger partial charge in [-0.2, -0.15) is 9.30 Å². The molecule has 12 heteroatoms. The summed E-state index contributed by atoms with van der Waals surface area (Å²) < 4.78 is 46.4. The van der Waals surface area contributed by atoms with E-state index in [-0.39, 0.29) is 48.8 Å². The van der Waals surface area contributed by atoms with Crippen molar-refractivity contribution in [3.63, 3.8) is 0 Å². The predicted octanol–water partition coefficient (Wildman–Crippen LogP) is 4.08. The van der Waals surface area contributed by atoms with Crippen molar-refractivity contribution in [2.75, 3.05) is 20.4 Å². The quantitative estimate of drug-likeness (QED) is 0.373. The molecule has 0 bridgehead atoms. The number of aryl methyl sites for hydroxylation is 1. The van der Waals surface area contributed by atoms with E-state index < -0.39 is 15.9 Å². The van der Waals surface area contributed by atoms with Gasteiger partial charge in [-0.25, -0.2) is 8.42 Å². The van der Waals surface area contributed by atoms with Crippen LogP contribution in [0.5, 0.6) is 11.5 Å². The molecule has 0 unspecified atom stereocenters. The average molecular weight is 574 g/mol. The van der Waals surface area contributed by atoms with Crippen molar-refractivity contribution < 1.29 is 32.2 Å². The van der Waals surface area contributed by atoms with Gasteiger partial charge in [-0.3, -0.25) is 9.59 Å². The van der Waals surface area contributed by atoms with E-state index in [1.54, 1.807) is 18.5 Å². The van der Waals surface area contributed by atoms with Gasteiger partial charge in [0.15, 0.2) is 16.3 Å². The monoisotopic (exact) mass is 573 g/mol. The van der Waals surface area contributed by atoms with Crippen LogP contribution in [0.4, 0.5) is 0 Å². The highest BCUT2D eigenvalue weighted by Crippen LogP contribution is 2.37. The number of nitrogens with zero attached hydrogens (tertiary/aromatic N) is 3. The first-order valence-electron chi connectivity index (χ1n) is 13.0. The number of aromatic nitrogens is 1. The molecule has 1 aromatic heterocycles. The molecule has 1 amide bonds. The summed E-state index contributed by atoms with van der Waals surface area (Å²) in [6.45, 7) is 2.42. The number of benzene rings is 2. The van der Waals surface area contributed by atoms with E-state index >= 15 is 0 Å². The van der Waals surface area contributed by atoms with Crippen LogP contribution in [0, 0.1) is 0 Å². The second kappa shape index (κ2) is 11.5. The number of carbonyl (C=O) groups excluding carboxylic acids is 2. The number of sulfonamides is 1. The van der Waals surface area contributed by atoms with Crippen molar-refractivity contribution in [3.05, 3.63) is 46.8 Å². The zero-order chi connectivity index (χ0) is 27.6. The molecule has 0 spiro atoms. The van der Waals surface area contributed by atoms with Gasteiger partial charge in [0.2, 0.25) is 16.8 Å².